The maximum atomic E-state index is 13.7. The van der Waals surface area contributed by atoms with Crippen molar-refractivity contribution in [2.45, 2.75) is 37.7 Å². The fourth-order valence-electron chi connectivity index (χ4n) is 4.43. The van der Waals surface area contributed by atoms with Crippen molar-refractivity contribution in [1.29, 1.82) is 0 Å². The third kappa shape index (κ3) is 4.51. The van der Waals surface area contributed by atoms with E-state index >= 15 is 0 Å². The van der Waals surface area contributed by atoms with Gasteiger partial charge in [-0.1, -0.05) is 36.4 Å². The van der Waals surface area contributed by atoms with Crippen LogP contribution in [0.1, 0.15) is 34.7 Å². The lowest BCUT2D eigenvalue weighted by molar-refractivity contribution is -0.137. The van der Waals surface area contributed by atoms with Crippen LogP contribution in [-0.2, 0) is 23.8 Å². The van der Waals surface area contributed by atoms with Gasteiger partial charge in [0, 0.05) is 26.2 Å². The molecule has 0 bridgehead atoms. The van der Waals surface area contributed by atoms with Crippen molar-refractivity contribution in [1.82, 2.24) is 9.80 Å². The summed E-state index contributed by atoms with van der Waals surface area (Å²) in [5.74, 6) is -0.120. The lowest BCUT2D eigenvalue weighted by Crippen LogP contribution is -2.45. The fraction of sp³-hybridized carbons (Fsp3) is 0.435. The van der Waals surface area contributed by atoms with Gasteiger partial charge in [0.25, 0.3) is 0 Å². The molecule has 0 aromatic heterocycles. The summed E-state index contributed by atoms with van der Waals surface area (Å²) in [6.45, 7) is 2.16. The molecule has 0 aliphatic carbocycles. The average Bonchev–Trinajstić information content (AvgIpc) is 3.12. The third-order valence-corrected chi connectivity index (χ3v) is 6.02. The molecule has 2 heterocycles. The second-order valence-electron chi connectivity index (χ2n) is 8.07. The molecule has 1 saturated heterocycles. The van der Waals surface area contributed by atoms with Crippen LogP contribution < -0.4 is 0 Å². The summed E-state index contributed by atoms with van der Waals surface area (Å²) in [6, 6.07) is 12.6. The zero-order chi connectivity index (χ0) is 21.3. The van der Waals surface area contributed by atoms with Gasteiger partial charge in [-0.05, 0) is 41.7 Å². The summed E-state index contributed by atoms with van der Waals surface area (Å²) in [4.78, 5) is 17.0. The van der Waals surface area contributed by atoms with E-state index in [1.807, 2.05) is 23.1 Å². The number of hydrogen-bond acceptors (Lipinski definition) is 2. The quantitative estimate of drug-likeness (QED) is 0.684. The SMILES string of the molecule is O=C(Cc1ccc(C(F)(F)F)cc1)N1CCc2ccccc2C1CN1CCC(F)C1. The Hall–Kier alpha value is -2.41. The molecule has 1 fully saturated rings. The van der Waals surface area contributed by atoms with E-state index in [0.717, 1.165) is 24.1 Å². The molecule has 2 aliphatic rings. The molecule has 0 saturated carbocycles. The van der Waals surface area contributed by atoms with Crippen LogP contribution >= 0.6 is 0 Å². The fourth-order valence-corrected chi connectivity index (χ4v) is 4.43. The number of halogens is 4. The van der Waals surface area contributed by atoms with Gasteiger partial charge >= 0.3 is 6.18 Å². The smallest absolute Gasteiger partial charge is 0.334 e. The van der Waals surface area contributed by atoms with Crippen molar-refractivity contribution >= 4 is 5.91 Å². The Morgan fingerprint density at radius 1 is 1.03 bits per heavy atom. The van der Waals surface area contributed by atoms with Crippen LogP contribution in [0.15, 0.2) is 48.5 Å². The molecular formula is C23H24F4N2O. The van der Waals surface area contributed by atoms with Gasteiger partial charge in [0.15, 0.2) is 0 Å². The number of likely N-dealkylation sites (tertiary alicyclic amines) is 1. The second kappa shape index (κ2) is 8.38. The number of benzene rings is 2. The summed E-state index contributed by atoms with van der Waals surface area (Å²) in [7, 11) is 0. The maximum absolute atomic E-state index is 13.7. The second-order valence-corrected chi connectivity index (χ2v) is 8.07. The standard InChI is InChI=1S/C23H24F4N2O/c24-19-10-11-28(14-19)15-21-20-4-2-1-3-17(20)9-12-29(21)22(30)13-16-5-7-18(8-6-16)23(25,26)27/h1-8,19,21H,9-15H2. The largest absolute Gasteiger partial charge is 0.416 e. The molecule has 1 amide bonds. The Morgan fingerprint density at radius 2 is 1.77 bits per heavy atom. The molecule has 2 atom stereocenters. The van der Waals surface area contributed by atoms with E-state index in [4.69, 9.17) is 0 Å². The molecule has 7 heteroatoms. The van der Waals surface area contributed by atoms with Crippen molar-refractivity contribution in [2.75, 3.05) is 26.2 Å². The first-order chi connectivity index (χ1) is 14.3. The molecule has 2 unspecified atom stereocenters. The van der Waals surface area contributed by atoms with Crippen molar-refractivity contribution in [2.24, 2.45) is 0 Å². The number of amides is 1. The molecule has 0 radical (unpaired) electrons. The van der Waals surface area contributed by atoms with E-state index in [2.05, 4.69) is 11.0 Å². The van der Waals surface area contributed by atoms with E-state index in [1.54, 1.807) is 0 Å². The maximum Gasteiger partial charge on any atom is 0.416 e. The average molecular weight is 420 g/mol. The first-order valence-corrected chi connectivity index (χ1v) is 10.2. The highest BCUT2D eigenvalue weighted by molar-refractivity contribution is 5.79. The molecule has 2 aromatic rings. The highest BCUT2D eigenvalue weighted by atomic mass is 19.4. The van der Waals surface area contributed by atoms with Crippen LogP contribution in [-0.4, -0.2) is 48.1 Å². The summed E-state index contributed by atoms with van der Waals surface area (Å²) in [6.07, 6.45) is -3.94. The van der Waals surface area contributed by atoms with E-state index < -0.39 is 17.9 Å². The number of carbonyl (C=O) groups excluding carboxylic acids is 1. The predicted octanol–water partition coefficient (Wildman–Crippen LogP) is 4.42. The number of rotatable bonds is 4. The normalized spacial score (nSPS) is 22.2. The van der Waals surface area contributed by atoms with Gasteiger partial charge < -0.3 is 4.90 Å². The van der Waals surface area contributed by atoms with Crippen LogP contribution in [0.5, 0.6) is 0 Å². The van der Waals surface area contributed by atoms with Gasteiger partial charge in [0.1, 0.15) is 6.17 Å². The molecule has 4 rings (SSSR count). The molecule has 30 heavy (non-hydrogen) atoms. The van der Waals surface area contributed by atoms with E-state index in [1.165, 1.54) is 17.7 Å². The van der Waals surface area contributed by atoms with Crippen LogP contribution in [0.4, 0.5) is 17.6 Å². The summed E-state index contributed by atoms with van der Waals surface area (Å²) in [5.41, 5.74) is 2.10. The van der Waals surface area contributed by atoms with Crippen LogP contribution in [0.3, 0.4) is 0 Å². The Kier molecular flexibility index (Phi) is 5.82. The minimum Gasteiger partial charge on any atom is -0.334 e. The molecule has 3 nitrogen and oxygen atoms in total. The topological polar surface area (TPSA) is 23.6 Å². The highest BCUT2D eigenvalue weighted by Gasteiger charge is 2.34. The molecular weight excluding hydrogens is 396 g/mol. The molecule has 0 spiro atoms. The van der Waals surface area contributed by atoms with Crippen molar-refractivity contribution in [3.05, 3.63) is 70.8 Å². The number of fused-ring (bicyclic) bond motifs is 1. The highest BCUT2D eigenvalue weighted by Crippen LogP contribution is 2.33. The van der Waals surface area contributed by atoms with Crippen molar-refractivity contribution in [3.8, 4) is 0 Å². The van der Waals surface area contributed by atoms with E-state index in [9.17, 15) is 22.4 Å². The van der Waals surface area contributed by atoms with Crippen molar-refractivity contribution < 1.29 is 22.4 Å². The summed E-state index contributed by atoms with van der Waals surface area (Å²) < 4.78 is 52.0. The number of alkyl halides is 4. The zero-order valence-corrected chi connectivity index (χ0v) is 16.5. The Morgan fingerprint density at radius 3 is 2.43 bits per heavy atom. The molecule has 2 aliphatic heterocycles. The first-order valence-electron chi connectivity index (χ1n) is 10.2. The van der Waals surface area contributed by atoms with Crippen LogP contribution in [0, 0.1) is 0 Å². The Bertz CT molecular complexity index is 897. The Balaban J connectivity index is 1.52. The van der Waals surface area contributed by atoms with Gasteiger partial charge in [0.05, 0.1) is 18.0 Å². The Labute approximate surface area is 173 Å². The van der Waals surface area contributed by atoms with E-state index in [-0.39, 0.29) is 18.4 Å². The lowest BCUT2D eigenvalue weighted by Gasteiger charge is -2.39. The predicted molar refractivity (Wildman–Crippen MR) is 106 cm³/mol. The minimum absolute atomic E-state index is 0.0442. The molecule has 0 N–H and O–H groups in total. The van der Waals surface area contributed by atoms with Gasteiger partial charge in [0.2, 0.25) is 5.91 Å². The first kappa shape index (κ1) is 20.8. The van der Waals surface area contributed by atoms with Gasteiger partial charge in [-0.2, -0.15) is 13.2 Å². The summed E-state index contributed by atoms with van der Waals surface area (Å²) >= 11 is 0. The van der Waals surface area contributed by atoms with Crippen molar-refractivity contribution in [3.63, 3.8) is 0 Å². The van der Waals surface area contributed by atoms with Gasteiger partial charge in [-0.25, -0.2) is 4.39 Å². The van der Waals surface area contributed by atoms with E-state index in [0.29, 0.717) is 38.2 Å². The monoisotopic (exact) mass is 420 g/mol. The minimum atomic E-state index is -4.39. The zero-order valence-electron chi connectivity index (χ0n) is 16.5. The number of nitrogens with zero attached hydrogens (tertiary/aromatic N) is 2. The number of hydrogen-bond donors (Lipinski definition) is 0. The van der Waals surface area contributed by atoms with Gasteiger partial charge in [-0.15, -0.1) is 0 Å². The number of carbonyl (C=O) groups is 1. The van der Waals surface area contributed by atoms with Crippen LogP contribution in [0.25, 0.3) is 0 Å². The lowest BCUT2D eigenvalue weighted by atomic mass is 9.91. The molecule has 160 valence electrons. The van der Waals surface area contributed by atoms with Crippen LogP contribution in [0.2, 0.25) is 0 Å². The molecule has 2 aromatic carbocycles. The summed E-state index contributed by atoms with van der Waals surface area (Å²) in [5, 5.41) is 0. The van der Waals surface area contributed by atoms with Gasteiger partial charge in [-0.3, -0.25) is 9.69 Å². The third-order valence-electron chi connectivity index (χ3n) is 6.02.